The van der Waals surface area contributed by atoms with Gasteiger partial charge in [0.05, 0.1) is 12.3 Å². The summed E-state index contributed by atoms with van der Waals surface area (Å²) >= 11 is 0. The van der Waals surface area contributed by atoms with Gasteiger partial charge in [-0.1, -0.05) is 24.3 Å². The van der Waals surface area contributed by atoms with Crippen molar-refractivity contribution in [1.82, 2.24) is 10.2 Å². The molecule has 3 nitrogen and oxygen atoms in total. The summed E-state index contributed by atoms with van der Waals surface area (Å²) in [7, 11) is 0. The Bertz CT molecular complexity index is 544. The zero-order valence-corrected chi connectivity index (χ0v) is 11.5. The number of halogens is 3. The number of benzene rings is 1. The fourth-order valence-electron chi connectivity index (χ4n) is 3.28. The van der Waals surface area contributed by atoms with Crippen LogP contribution in [0, 0.1) is 11.8 Å². The Morgan fingerprint density at radius 2 is 2.00 bits per heavy atom. The maximum Gasteiger partial charge on any atom is 0.393 e. The van der Waals surface area contributed by atoms with E-state index in [0.29, 0.717) is 25.6 Å². The lowest BCUT2D eigenvalue weighted by Crippen LogP contribution is -2.28. The third-order valence-electron chi connectivity index (χ3n) is 4.19. The molecule has 1 amide bonds. The summed E-state index contributed by atoms with van der Waals surface area (Å²) in [5.41, 5.74) is 1.16. The number of alkyl halides is 3. The second-order valence-corrected chi connectivity index (χ2v) is 5.92. The molecule has 0 aliphatic carbocycles. The Labute approximate surface area is 121 Å². The summed E-state index contributed by atoms with van der Waals surface area (Å²) in [6, 6.07) is 6.62. The lowest BCUT2D eigenvalue weighted by molar-refractivity contribution is -0.127. The van der Waals surface area contributed by atoms with E-state index in [4.69, 9.17) is 0 Å². The molecule has 0 bridgehead atoms. The molecule has 2 saturated heterocycles. The van der Waals surface area contributed by atoms with Crippen LogP contribution in [0.25, 0.3) is 0 Å². The largest absolute Gasteiger partial charge is 0.393 e. The topological polar surface area (TPSA) is 32.3 Å². The average Bonchev–Trinajstić information content (AvgIpc) is 2.90. The number of amides is 1. The standard InChI is InChI=1S/C15H17F3N2O/c16-15(17,18)5-10-2-1-3-11(4-10)7-20-8-12-6-19-14(21)13(12)9-20/h1-4,12-13H,5-9H2,(H,19,21)/t12-,13+/m0/s1. The van der Waals surface area contributed by atoms with Gasteiger partial charge in [0.25, 0.3) is 0 Å². The van der Waals surface area contributed by atoms with Gasteiger partial charge in [0.15, 0.2) is 0 Å². The number of rotatable bonds is 3. The summed E-state index contributed by atoms with van der Waals surface area (Å²) < 4.78 is 37.3. The molecule has 3 rings (SSSR count). The molecule has 2 atom stereocenters. The molecule has 6 heteroatoms. The van der Waals surface area contributed by atoms with Crippen LogP contribution in [0.15, 0.2) is 24.3 Å². The van der Waals surface area contributed by atoms with Crippen LogP contribution in [0.3, 0.4) is 0 Å². The SMILES string of the molecule is O=C1NC[C@H]2CN(Cc3cccc(CC(F)(F)F)c3)C[C@@H]12. The van der Waals surface area contributed by atoms with E-state index < -0.39 is 12.6 Å². The highest BCUT2D eigenvalue weighted by Crippen LogP contribution is 2.29. The number of carbonyl (C=O) groups excluding carboxylic acids is 1. The number of hydrogen-bond acceptors (Lipinski definition) is 2. The predicted octanol–water partition coefficient (Wildman–Crippen LogP) is 1.97. The maximum absolute atomic E-state index is 12.4. The van der Waals surface area contributed by atoms with Crippen LogP contribution < -0.4 is 5.32 Å². The van der Waals surface area contributed by atoms with Gasteiger partial charge < -0.3 is 5.32 Å². The lowest BCUT2D eigenvalue weighted by Gasteiger charge is -2.17. The Kier molecular flexibility index (Phi) is 3.65. The van der Waals surface area contributed by atoms with Crippen LogP contribution in [0.1, 0.15) is 11.1 Å². The Balaban J connectivity index is 1.63. The average molecular weight is 298 g/mol. The third-order valence-corrected chi connectivity index (χ3v) is 4.19. The summed E-state index contributed by atoms with van der Waals surface area (Å²) in [6.45, 7) is 2.84. The zero-order valence-electron chi connectivity index (χ0n) is 11.5. The maximum atomic E-state index is 12.4. The first-order valence-corrected chi connectivity index (χ1v) is 7.05. The van der Waals surface area contributed by atoms with E-state index in [0.717, 1.165) is 12.1 Å². The highest BCUT2D eigenvalue weighted by atomic mass is 19.4. The molecular formula is C15H17F3N2O. The molecule has 0 saturated carbocycles. The van der Waals surface area contributed by atoms with Crippen LogP contribution in [-0.4, -0.2) is 36.6 Å². The van der Waals surface area contributed by atoms with E-state index in [9.17, 15) is 18.0 Å². The van der Waals surface area contributed by atoms with Crippen LogP contribution in [0.4, 0.5) is 13.2 Å². The van der Waals surface area contributed by atoms with Gasteiger partial charge >= 0.3 is 6.18 Å². The van der Waals surface area contributed by atoms with Crippen molar-refractivity contribution >= 4 is 5.91 Å². The van der Waals surface area contributed by atoms with Gasteiger partial charge in [0, 0.05) is 32.1 Å². The Morgan fingerprint density at radius 3 is 2.71 bits per heavy atom. The Hall–Kier alpha value is -1.56. The monoisotopic (exact) mass is 298 g/mol. The minimum Gasteiger partial charge on any atom is -0.355 e. The molecule has 1 aromatic rings. The molecule has 2 fully saturated rings. The molecule has 1 aromatic carbocycles. The highest BCUT2D eigenvalue weighted by Gasteiger charge is 2.41. The second-order valence-electron chi connectivity index (χ2n) is 5.92. The number of nitrogens with one attached hydrogen (secondary N) is 1. The van der Waals surface area contributed by atoms with Gasteiger partial charge in [0.1, 0.15) is 0 Å². The molecule has 2 aliphatic rings. The number of carbonyl (C=O) groups is 1. The third kappa shape index (κ3) is 3.37. The number of hydrogen-bond donors (Lipinski definition) is 1. The zero-order chi connectivity index (χ0) is 15.0. The van der Waals surface area contributed by atoms with Crippen molar-refractivity contribution in [3.05, 3.63) is 35.4 Å². The second kappa shape index (κ2) is 5.33. The van der Waals surface area contributed by atoms with E-state index in [-0.39, 0.29) is 17.4 Å². The Morgan fingerprint density at radius 1 is 1.24 bits per heavy atom. The minimum atomic E-state index is -4.18. The van der Waals surface area contributed by atoms with E-state index in [2.05, 4.69) is 10.2 Å². The summed E-state index contributed by atoms with van der Waals surface area (Å²) in [5, 5.41) is 2.85. The van der Waals surface area contributed by atoms with Crippen LogP contribution in [0.2, 0.25) is 0 Å². The van der Waals surface area contributed by atoms with Crippen molar-refractivity contribution in [3.8, 4) is 0 Å². The molecule has 1 N–H and O–H groups in total. The molecule has 0 radical (unpaired) electrons. The summed E-state index contributed by atoms with van der Waals surface area (Å²) in [6.07, 6.45) is -5.07. The molecule has 2 heterocycles. The van der Waals surface area contributed by atoms with Crippen LogP contribution in [0.5, 0.6) is 0 Å². The first-order valence-electron chi connectivity index (χ1n) is 7.05. The smallest absolute Gasteiger partial charge is 0.355 e. The van der Waals surface area contributed by atoms with Gasteiger partial charge in [-0.25, -0.2) is 0 Å². The van der Waals surface area contributed by atoms with Crippen molar-refractivity contribution in [2.24, 2.45) is 11.8 Å². The van der Waals surface area contributed by atoms with Gasteiger partial charge in [-0.3, -0.25) is 9.69 Å². The molecule has 21 heavy (non-hydrogen) atoms. The van der Waals surface area contributed by atoms with Crippen LogP contribution in [-0.2, 0) is 17.8 Å². The fourth-order valence-corrected chi connectivity index (χ4v) is 3.28. The van der Waals surface area contributed by atoms with Gasteiger partial charge in [-0.2, -0.15) is 13.2 Å². The van der Waals surface area contributed by atoms with Crippen molar-refractivity contribution in [2.75, 3.05) is 19.6 Å². The quantitative estimate of drug-likeness (QED) is 0.925. The molecule has 114 valence electrons. The van der Waals surface area contributed by atoms with Crippen molar-refractivity contribution in [3.63, 3.8) is 0 Å². The molecular weight excluding hydrogens is 281 g/mol. The van der Waals surface area contributed by atoms with Crippen LogP contribution >= 0.6 is 0 Å². The van der Waals surface area contributed by atoms with E-state index in [1.54, 1.807) is 12.1 Å². The highest BCUT2D eigenvalue weighted by molar-refractivity contribution is 5.81. The lowest BCUT2D eigenvalue weighted by atomic mass is 10.0. The first kappa shape index (κ1) is 14.4. The van der Waals surface area contributed by atoms with Gasteiger partial charge in [-0.15, -0.1) is 0 Å². The first-order chi connectivity index (χ1) is 9.90. The van der Waals surface area contributed by atoms with Crippen molar-refractivity contribution in [1.29, 1.82) is 0 Å². The van der Waals surface area contributed by atoms with E-state index >= 15 is 0 Å². The van der Waals surface area contributed by atoms with Gasteiger partial charge in [-0.05, 0) is 11.1 Å². The van der Waals surface area contributed by atoms with E-state index in [1.807, 2.05) is 6.07 Å². The summed E-state index contributed by atoms with van der Waals surface area (Å²) in [5.74, 6) is 0.493. The van der Waals surface area contributed by atoms with Crippen molar-refractivity contribution in [2.45, 2.75) is 19.1 Å². The molecule has 0 unspecified atom stereocenters. The van der Waals surface area contributed by atoms with Crippen molar-refractivity contribution < 1.29 is 18.0 Å². The number of nitrogens with zero attached hydrogens (tertiary/aromatic N) is 1. The molecule has 0 spiro atoms. The summed E-state index contributed by atoms with van der Waals surface area (Å²) in [4.78, 5) is 13.8. The molecule has 0 aromatic heterocycles. The van der Waals surface area contributed by atoms with E-state index in [1.165, 1.54) is 6.07 Å². The molecule has 2 aliphatic heterocycles. The number of fused-ring (bicyclic) bond motifs is 1. The normalized spacial score (nSPS) is 26.0. The fraction of sp³-hybridized carbons (Fsp3) is 0.533. The number of likely N-dealkylation sites (tertiary alicyclic amines) is 1. The predicted molar refractivity (Wildman–Crippen MR) is 71.5 cm³/mol. The van der Waals surface area contributed by atoms with Gasteiger partial charge in [0.2, 0.25) is 5.91 Å². The minimum absolute atomic E-state index is 0.0448.